The van der Waals surface area contributed by atoms with E-state index >= 15 is 0 Å². The van der Waals surface area contributed by atoms with Crippen LogP contribution in [0, 0.1) is 19.3 Å². The van der Waals surface area contributed by atoms with Gasteiger partial charge in [-0.25, -0.2) is 0 Å². The molecule has 0 radical (unpaired) electrons. The minimum absolute atomic E-state index is 0.405. The standard InChI is InChI=1S/C17H31NS/c1-7-8-9-10-17(5,6)12-18-14(3)16-11-13(2)19-15(16)4/h11,14,18H,7-10,12H2,1-6H3. The van der Waals surface area contributed by atoms with Crippen molar-refractivity contribution in [2.75, 3.05) is 6.54 Å². The molecule has 110 valence electrons. The van der Waals surface area contributed by atoms with E-state index in [-0.39, 0.29) is 0 Å². The van der Waals surface area contributed by atoms with Gasteiger partial charge in [-0.2, -0.15) is 0 Å². The summed E-state index contributed by atoms with van der Waals surface area (Å²) in [7, 11) is 0. The Morgan fingerprint density at radius 2 is 1.95 bits per heavy atom. The second kappa shape index (κ2) is 7.44. The summed E-state index contributed by atoms with van der Waals surface area (Å²) in [5.41, 5.74) is 1.88. The van der Waals surface area contributed by atoms with E-state index in [1.54, 1.807) is 0 Å². The Labute approximate surface area is 123 Å². The number of rotatable bonds is 8. The first kappa shape index (κ1) is 16.7. The average molecular weight is 282 g/mol. The second-order valence-electron chi connectivity index (χ2n) is 6.59. The van der Waals surface area contributed by atoms with Crippen LogP contribution >= 0.6 is 11.3 Å². The van der Waals surface area contributed by atoms with Crippen molar-refractivity contribution in [1.29, 1.82) is 0 Å². The van der Waals surface area contributed by atoms with Crippen molar-refractivity contribution < 1.29 is 0 Å². The fourth-order valence-corrected chi connectivity index (χ4v) is 3.58. The van der Waals surface area contributed by atoms with Crippen LogP contribution in [0.25, 0.3) is 0 Å². The van der Waals surface area contributed by atoms with Crippen LogP contribution in [0.5, 0.6) is 0 Å². The van der Waals surface area contributed by atoms with Gasteiger partial charge in [0.05, 0.1) is 0 Å². The molecule has 1 atom stereocenters. The molecule has 0 saturated heterocycles. The largest absolute Gasteiger partial charge is 0.310 e. The molecule has 0 aliphatic heterocycles. The second-order valence-corrected chi connectivity index (χ2v) is 8.05. The van der Waals surface area contributed by atoms with E-state index in [0.29, 0.717) is 11.5 Å². The molecule has 0 aliphatic carbocycles. The number of thiophene rings is 1. The van der Waals surface area contributed by atoms with Gasteiger partial charge in [-0.3, -0.25) is 0 Å². The van der Waals surface area contributed by atoms with Gasteiger partial charge in [0.2, 0.25) is 0 Å². The average Bonchev–Trinajstić information content (AvgIpc) is 2.66. The van der Waals surface area contributed by atoms with Gasteiger partial charge in [0.25, 0.3) is 0 Å². The number of hydrogen-bond acceptors (Lipinski definition) is 2. The summed E-state index contributed by atoms with van der Waals surface area (Å²) in [5.74, 6) is 0. The van der Waals surface area contributed by atoms with Gasteiger partial charge in [0.15, 0.2) is 0 Å². The molecule has 0 aliphatic rings. The van der Waals surface area contributed by atoms with Gasteiger partial charge >= 0.3 is 0 Å². The summed E-state index contributed by atoms with van der Waals surface area (Å²) in [4.78, 5) is 2.88. The molecule has 0 spiro atoms. The van der Waals surface area contributed by atoms with Gasteiger partial charge in [0, 0.05) is 22.3 Å². The van der Waals surface area contributed by atoms with Crippen molar-refractivity contribution in [1.82, 2.24) is 5.32 Å². The van der Waals surface area contributed by atoms with E-state index in [2.05, 4.69) is 52.9 Å². The lowest BCUT2D eigenvalue weighted by atomic mass is 9.86. The first-order chi connectivity index (χ1) is 8.85. The third-order valence-corrected chi connectivity index (χ3v) is 4.87. The van der Waals surface area contributed by atoms with Crippen molar-refractivity contribution in [2.24, 2.45) is 5.41 Å². The van der Waals surface area contributed by atoms with Crippen LogP contribution in [0.2, 0.25) is 0 Å². The third kappa shape index (κ3) is 5.66. The highest BCUT2D eigenvalue weighted by atomic mass is 32.1. The van der Waals surface area contributed by atoms with E-state index in [4.69, 9.17) is 0 Å². The highest BCUT2D eigenvalue weighted by Gasteiger charge is 2.19. The minimum atomic E-state index is 0.405. The summed E-state index contributed by atoms with van der Waals surface area (Å²) in [5, 5.41) is 3.73. The molecule has 19 heavy (non-hydrogen) atoms. The number of hydrogen-bond donors (Lipinski definition) is 1. The van der Waals surface area contributed by atoms with Crippen LogP contribution in [-0.4, -0.2) is 6.54 Å². The molecule has 1 heterocycles. The Morgan fingerprint density at radius 3 is 2.47 bits per heavy atom. The summed E-state index contributed by atoms with van der Waals surface area (Å²) in [6.45, 7) is 14.9. The lowest BCUT2D eigenvalue weighted by Gasteiger charge is -2.27. The molecule has 0 bridgehead atoms. The zero-order valence-corrected chi connectivity index (χ0v) is 14.4. The van der Waals surface area contributed by atoms with E-state index < -0.39 is 0 Å². The maximum Gasteiger partial charge on any atom is 0.0303 e. The predicted molar refractivity (Wildman–Crippen MR) is 88.1 cm³/mol. The molecule has 2 heteroatoms. The summed E-state index contributed by atoms with van der Waals surface area (Å²) < 4.78 is 0. The minimum Gasteiger partial charge on any atom is -0.310 e. The zero-order chi connectivity index (χ0) is 14.5. The topological polar surface area (TPSA) is 12.0 Å². The molecule has 0 aromatic carbocycles. The van der Waals surface area contributed by atoms with E-state index in [0.717, 1.165) is 6.54 Å². The molecule has 1 nitrogen and oxygen atoms in total. The van der Waals surface area contributed by atoms with Gasteiger partial charge in [-0.15, -0.1) is 11.3 Å². The highest BCUT2D eigenvalue weighted by molar-refractivity contribution is 7.12. The normalized spacial score (nSPS) is 13.8. The van der Waals surface area contributed by atoms with E-state index in [1.165, 1.54) is 41.0 Å². The van der Waals surface area contributed by atoms with Gasteiger partial charge in [-0.05, 0) is 44.2 Å². The molecule has 1 unspecified atom stereocenters. The molecule has 1 aromatic rings. The lowest BCUT2D eigenvalue weighted by molar-refractivity contribution is 0.291. The first-order valence-corrected chi connectivity index (χ1v) is 8.47. The maximum absolute atomic E-state index is 3.73. The Bertz CT molecular complexity index is 379. The summed E-state index contributed by atoms with van der Waals surface area (Å²) in [6.07, 6.45) is 5.35. The zero-order valence-electron chi connectivity index (χ0n) is 13.6. The molecule has 0 amide bonds. The fourth-order valence-electron chi connectivity index (χ4n) is 2.56. The van der Waals surface area contributed by atoms with Gasteiger partial charge in [0.1, 0.15) is 0 Å². The number of aryl methyl sites for hydroxylation is 2. The SMILES string of the molecule is CCCCCC(C)(C)CNC(C)c1cc(C)sc1C. The van der Waals surface area contributed by atoms with Gasteiger partial charge in [-0.1, -0.05) is 40.0 Å². The smallest absolute Gasteiger partial charge is 0.0303 e. The van der Waals surface area contributed by atoms with E-state index in [1.807, 2.05) is 11.3 Å². The molecule has 1 aromatic heterocycles. The molecule has 1 N–H and O–H groups in total. The van der Waals surface area contributed by atoms with Crippen LogP contribution in [0.1, 0.15) is 74.7 Å². The number of unbranched alkanes of at least 4 members (excludes halogenated alkanes) is 2. The quantitative estimate of drug-likeness (QED) is 0.610. The van der Waals surface area contributed by atoms with Crippen LogP contribution in [0.4, 0.5) is 0 Å². The summed E-state index contributed by atoms with van der Waals surface area (Å²) >= 11 is 1.91. The van der Waals surface area contributed by atoms with Crippen molar-refractivity contribution >= 4 is 11.3 Å². The highest BCUT2D eigenvalue weighted by Crippen LogP contribution is 2.28. The van der Waals surface area contributed by atoms with Crippen LogP contribution in [-0.2, 0) is 0 Å². The Balaban J connectivity index is 2.44. The maximum atomic E-state index is 3.73. The van der Waals surface area contributed by atoms with E-state index in [9.17, 15) is 0 Å². The third-order valence-electron chi connectivity index (χ3n) is 3.89. The van der Waals surface area contributed by atoms with Crippen molar-refractivity contribution in [2.45, 2.75) is 73.3 Å². The Morgan fingerprint density at radius 1 is 1.26 bits per heavy atom. The van der Waals surface area contributed by atoms with Crippen molar-refractivity contribution in [3.05, 3.63) is 21.4 Å². The monoisotopic (exact) mass is 281 g/mol. The molecular formula is C17H31NS. The van der Waals surface area contributed by atoms with Crippen molar-refractivity contribution in [3.8, 4) is 0 Å². The molecule has 0 fully saturated rings. The predicted octanol–water partition coefficient (Wildman–Crippen LogP) is 5.62. The van der Waals surface area contributed by atoms with Crippen LogP contribution in [0.3, 0.4) is 0 Å². The van der Waals surface area contributed by atoms with Crippen LogP contribution < -0.4 is 5.32 Å². The lowest BCUT2D eigenvalue weighted by Crippen LogP contribution is -2.31. The van der Waals surface area contributed by atoms with Crippen LogP contribution in [0.15, 0.2) is 6.07 Å². The molecular weight excluding hydrogens is 250 g/mol. The molecule has 0 saturated carbocycles. The number of nitrogens with one attached hydrogen (secondary N) is 1. The Hall–Kier alpha value is -0.340. The Kier molecular flexibility index (Phi) is 6.55. The fraction of sp³-hybridized carbons (Fsp3) is 0.765. The van der Waals surface area contributed by atoms with Gasteiger partial charge < -0.3 is 5.32 Å². The van der Waals surface area contributed by atoms with Crippen molar-refractivity contribution in [3.63, 3.8) is 0 Å². The first-order valence-electron chi connectivity index (χ1n) is 7.66. The summed E-state index contributed by atoms with van der Waals surface area (Å²) in [6, 6.07) is 2.80. The molecule has 1 rings (SSSR count).